The molecule has 1 heterocycles. The van der Waals surface area contributed by atoms with Crippen LogP contribution in [0.25, 0.3) is 10.8 Å². The van der Waals surface area contributed by atoms with E-state index in [9.17, 15) is 4.79 Å². The van der Waals surface area contributed by atoms with Crippen LogP contribution in [0.5, 0.6) is 5.75 Å². The summed E-state index contributed by atoms with van der Waals surface area (Å²) in [6, 6.07) is 12.4. The summed E-state index contributed by atoms with van der Waals surface area (Å²) in [5.41, 5.74) is 1.08. The highest BCUT2D eigenvalue weighted by Crippen LogP contribution is 2.37. The number of fused-ring (bicyclic) bond motifs is 3. The highest BCUT2D eigenvalue weighted by atomic mass is 16.5. The van der Waals surface area contributed by atoms with Gasteiger partial charge in [-0.1, -0.05) is 36.4 Å². The van der Waals surface area contributed by atoms with Crippen LogP contribution >= 0.6 is 0 Å². The van der Waals surface area contributed by atoms with Crippen molar-refractivity contribution in [2.75, 3.05) is 6.61 Å². The second-order valence-electron chi connectivity index (χ2n) is 4.53. The lowest BCUT2D eigenvalue weighted by Crippen LogP contribution is -2.18. The number of rotatable bonds is 2. The number of amides is 1. The molecule has 0 saturated carbocycles. The highest BCUT2D eigenvalue weighted by Gasteiger charge is 2.20. The lowest BCUT2D eigenvalue weighted by atomic mass is 9.98. The summed E-state index contributed by atoms with van der Waals surface area (Å²) in [7, 11) is 0. The van der Waals surface area contributed by atoms with Crippen molar-refractivity contribution in [3.8, 4) is 5.75 Å². The summed E-state index contributed by atoms with van der Waals surface area (Å²) < 4.78 is 5.88. The van der Waals surface area contributed by atoms with Gasteiger partial charge in [-0.15, -0.1) is 0 Å². The molecular formula is C15H15NO2. The molecule has 92 valence electrons. The van der Waals surface area contributed by atoms with Crippen LogP contribution in [0.3, 0.4) is 0 Å². The molecule has 18 heavy (non-hydrogen) atoms. The molecule has 0 aromatic heterocycles. The van der Waals surface area contributed by atoms with Crippen LogP contribution in [0, 0.1) is 0 Å². The topological polar surface area (TPSA) is 38.3 Å². The SMILES string of the molecule is O=CNC1CCCOc2c1ccc1ccccc21. The summed E-state index contributed by atoms with van der Waals surface area (Å²) in [6.45, 7) is 0.706. The van der Waals surface area contributed by atoms with Crippen LogP contribution in [0.15, 0.2) is 36.4 Å². The fourth-order valence-corrected chi connectivity index (χ4v) is 2.57. The van der Waals surface area contributed by atoms with E-state index in [2.05, 4.69) is 29.6 Å². The van der Waals surface area contributed by atoms with Gasteiger partial charge < -0.3 is 10.1 Å². The van der Waals surface area contributed by atoms with Crippen molar-refractivity contribution in [3.05, 3.63) is 42.0 Å². The molecule has 3 nitrogen and oxygen atoms in total. The first-order valence-corrected chi connectivity index (χ1v) is 6.24. The number of hydrogen-bond acceptors (Lipinski definition) is 2. The Balaban J connectivity index is 2.18. The first-order chi connectivity index (χ1) is 8.90. The van der Waals surface area contributed by atoms with Crippen molar-refractivity contribution in [2.45, 2.75) is 18.9 Å². The first-order valence-electron chi connectivity index (χ1n) is 6.24. The zero-order valence-electron chi connectivity index (χ0n) is 10.1. The molecule has 1 N–H and O–H groups in total. The fraction of sp³-hybridized carbons (Fsp3) is 0.267. The van der Waals surface area contributed by atoms with Crippen LogP contribution in [0.1, 0.15) is 24.4 Å². The fourth-order valence-electron chi connectivity index (χ4n) is 2.57. The second kappa shape index (κ2) is 4.69. The Morgan fingerprint density at radius 3 is 3.00 bits per heavy atom. The molecule has 0 bridgehead atoms. The van der Waals surface area contributed by atoms with Crippen molar-refractivity contribution in [2.24, 2.45) is 0 Å². The molecule has 3 heteroatoms. The average molecular weight is 241 g/mol. The maximum Gasteiger partial charge on any atom is 0.207 e. The molecule has 2 aromatic rings. The van der Waals surface area contributed by atoms with E-state index in [1.165, 1.54) is 5.39 Å². The molecule has 1 aliphatic rings. The zero-order chi connectivity index (χ0) is 12.4. The van der Waals surface area contributed by atoms with Gasteiger partial charge in [-0.05, 0) is 18.2 Å². The maximum absolute atomic E-state index is 10.7. The Morgan fingerprint density at radius 1 is 1.22 bits per heavy atom. The van der Waals surface area contributed by atoms with Gasteiger partial charge in [-0.2, -0.15) is 0 Å². The van der Waals surface area contributed by atoms with E-state index >= 15 is 0 Å². The lowest BCUT2D eigenvalue weighted by molar-refractivity contribution is -0.110. The Labute approximate surface area is 106 Å². The number of carbonyl (C=O) groups excluding carboxylic acids is 1. The van der Waals surface area contributed by atoms with E-state index in [4.69, 9.17) is 4.74 Å². The molecule has 1 aliphatic heterocycles. The first kappa shape index (κ1) is 11.1. The van der Waals surface area contributed by atoms with Crippen LogP contribution in [0.2, 0.25) is 0 Å². The zero-order valence-corrected chi connectivity index (χ0v) is 10.1. The average Bonchev–Trinajstić information content (AvgIpc) is 2.62. The van der Waals surface area contributed by atoms with Crippen LogP contribution in [-0.2, 0) is 4.79 Å². The smallest absolute Gasteiger partial charge is 0.207 e. The van der Waals surface area contributed by atoms with Gasteiger partial charge in [0.15, 0.2) is 0 Å². The molecule has 1 atom stereocenters. The monoisotopic (exact) mass is 241 g/mol. The minimum absolute atomic E-state index is 0.0598. The van der Waals surface area contributed by atoms with Crippen molar-refractivity contribution in [1.29, 1.82) is 0 Å². The Kier molecular flexibility index (Phi) is 2.89. The van der Waals surface area contributed by atoms with Gasteiger partial charge in [0, 0.05) is 10.9 Å². The molecule has 0 aliphatic carbocycles. The summed E-state index contributed by atoms with van der Waals surface area (Å²) in [4.78, 5) is 10.7. The minimum Gasteiger partial charge on any atom is -0.493 e. The maximum atomic E-state index is 10.7. The van der Waals surface area contributed by atoms with Crippen LogP contribution in [0.4, 0.5) is 0 Å². The molecule has 2 aromatic carbocycles. The molecule has 0 radical (unpaired) electrons. The van der Waals surface area contributed by atoms with Crippen molar-refractivity contribution < 1.29 is 9.53 Å². The summed E-state index contributed by atoms with van der Waals surface area (Å²) >= 11 is 0. The van der Waals surface area contributed by atoms with E-state index in [0.29, 0.717) is 6.61 Å². The molecule has 0 saturated heterocycles. The van der Waals surface area contributed by atoms with E-state index in [-0.39, 0.29) is 6.04 Å². The molecule has 3 rings (SSSR count). The largest absolute Gasteiger partial charge is 0.493 e. The standard InChI is InChI=1S/C15H15NO2/c17-10-16-14-6-3-9-18-15-12-5-2-1-4-11(12)7-8-13(14)15/h1-2,4-5,7-8,10,14H,3,6,9H2,(H,16,17). The number of hydrogen-bond donors (Lipinski definition) is 1. The van der Waals surface area contributed by atoms with E-state index < -0.39 is 0 Å². The Morgan fingerprint density at radius 2 is 2.11 bits per heavy atom. The number of benzene rings is 2. The lowest BCUT2D eigenvalue weighted by Gasteiger charge is -2.17. The van der Waals surface area contributed by atoms with Crippen LogP contribution in [-0.4, -0.2) is 13.0 Å². The Hall–Kier alpha value is -2.03. The number of ether oxygens (including phenoxy) is 1. The van der Waals surface area contributed by atoms with E-state index in [1.807, 2.05) is 12.1 Å². The second-order valence-corrected chi connectivity index (χ2v) is 4.53. The minimum atomic E-state index is 0.0598. The van der Waals surface area contributed by atoms with Gasteiger partial charge in [-0.25, -0.2) is 0 Å². The molecule has 0 spiro atoms. The van der Waals surface area contributed by atoms with E-state index in [1.54, 1.807) is 0 Å². The van der Waals surface area contributed by atoms with E-state index in [0.717, 1.165) is 36.0 Å². The highest BCUT2D eigenvalue weighted by molar-refractivity contribution is 5.89. The van der Waals surface area contributed by atoms with Gasteiger partial charge in [0.25, 0.3) is 0 Å². The van der Waals surface area contributed by atoms with Gasteiger partial charge in [0.1, 0.15) is 5.75 Å². The Bertz CT molecular complexity index is 580. The predicted molar refractivity (Wildman–Crippen MR) is 70.6 cm³/mol. The molecular weight excluding hydrogens is 226 g/mol. The third kappa shape index (κ3) is 1.82. The number of carbonyl (C=O) groups is 1. The predicted octanol–water partition coefficient (Wildman–Crippen LogP) is 2.80. The van der Waals surface area contributed by atoms with Crippen molar-refractivity contribution >= 4 is 17.2 Å². The van der Waals surface area contributed by atoms with Gasteiger partial charge in [0.05, 0.1) is 12.6 Å². The molecule has 1 unspecified atom stereocenters. The normalized spacial score (nSPS) is 18.6. The van der Waals surface area contributed by atoms with Crippen molar-refractivity contribution in [1.82, 2.24) is 5.32 Å². The molecule has 0 fully saturated rings. The molecule has 1 amide bonds. The number of nitrogens with one attached hydrogen (secondary N) is 1. The third-order valence-electron chi connectivity index (χ3n) is 3.44. The van der Waals surface area contributed by atoms with Crippen molar-refractivity contribution in [3.63, 3.8) is 0 Å². The summed E-state index contributed by atoms with van der Waals surface area (Å²) in [5, 5.41) is 5.17. The summed E-state index contributed by atoms with van der Waals surface area (Å²) in [6.07, 6.45) is 2.65. The van der Waals surface area contributed by atoms with Gasteiger partial charge in [-0.3, -0.25) is 4.79 Å². The van der Waals surface area contributed by atoms with Gasteiger partial charge in [0.2, 0.25) is 6.41 Å². The quantitative estimate of drug-likeness (QED) is 0.821. The third-order valence-corrected chi connectivity index (χ3v) is 3.44. The van der Waals surface area contributed by atoms with Gasteiger partial charge >= 0.3 is 0 Å². The van der Waals surface area contributed by atoms with Crippen LogP contribution < -0.4 is 10.1 Å². The summed E-state index contributed by atoms with van der Waals surface area (Å²) in [5.74, 6) is 0.921.